The molecule has 0 fully saturated rings. The predicted octanol–water partition coefficient (Wildman–Crippen LogP) is 4.17. The van der Waals surface area contributed by atoms with Crippen molar-refractivity contribution in [3.63, 3.8) is 0 Å². The molecule has 0 aliphatic rings. The van der Waals surface area contributed by atoms with Gasteiger partial charge < -0.3 is 14.8 Å². The minimum Gasteiger partial charge on any atom is -0.492 e. The van der Waals surface area contributed by atoms with Crippen LogP contribution in [-0.4, -0.2) is 19.8 Å². The number of rotatable bonds is 7. The molecule has 3 nitrogen and oxygen atoms in total. The molecular weight excluding hydrogens is 330 g/mol. The van der Waals surface area contributed by atoms with Crippen LogP contribution in [0, 0.1) is 0 Å². The highest BCUT2D eigenvalue weighted by molar-refractivity contribution is 9.10. The monoisotopic (exact) mass is 351 g/mol. The van der Waals surface area contributed by atoms with Gasteiger partial charge in [-0.2, -0.15) is 0 Å². The molecule has 0 heterocycles. The van der Waals surface area contributed by atoms with Crippen LogP contribution in [0.2, 0.25) is 0 Å². The minimum absolute atomic E-state index is 0. The lowest BCUT2D eigenvalue weighted by Gasteiger charge is -2.15. The lowest BCUT2D eigenvalue weighted by Crippen LogP contribution is -2.24. The number of halogens is 2. The molecule has 1 aromatic rings. The summed E-state index contributed by atoms with van der Waals surface area (Å²) >= 11 is 3.52. The molecule has 0 radical (unpaired) electrons. The van der Waals surface area contributed by atoms with Crippen LogP contribution in [0.15, 0.2) is 16.6 Å². The van der Waals surface area contributed by atoms with E-state index >= 15 is 0 Å². The van der Waals surface area contributed by atoms with E-state index < -0.39 is 0 Å². The molecule has 0 spiro atoms. The largest absolute Gasteiger partial charge is 0.492 e. The van der Waals surface area contributed by atoms with Gasteiger partial charge in [-0.25, -0.2) is 0 Å². The molecule has 0 aromatic heterocycles. The average molecular weight is 353 g/mol. The fourth-order valence-corrected chi connectivity index (χ4v) is 2.27. The Labute approximate surface area is 130 Å². The maximum atomic E-state index is 5.60. The van der Waals surface area contributed by atoms with Crippen LogP contribution < -0.4 is 14.8 Å². The van der Waals surface area contributed by atoms with E-state index in [4.69, 9.17) is 9.47 Å². The molecule has 1 aromatic carbocycles. The van der Waals surface area contributed by atoms with Crippen LogP contribution in [0.3, 0.4) is 0 Å². The molecule has 1 N–H and O–H groups in total. The van der Waals surface area contributed by atoms with Gasteiger partial charge in [-0.15, -0.1) is 12.4 Å². The summed E-state index contributed by atoms with van der Waals surface area (Å²) in [6.45, 7) is 7.79. The molecule has 0 amide bonds. The summed E-state index contributed by atoms with van der Waals surface area (Å²) in [6, 6.07) is 4.61. The third-order valence-corrected chi connectivity index (χ3v) is 3.43. The Morgan fingerprint density at radius 2 is 2.00 bits per heavy atom. The highest BCUT2D eigenvalue weighted by atomic mass is 79.9. The van der Waals surface area contributed by atoms with E-state index in [1.807, 2.05) is 13.0 Å². The molecule has 19 heavy (non-hydrogen) atoms. The first-order valence-corrected chi connectivity index (χ1v) is 7.14. The zero-order valence-electron chi connectivity index (χ0n) is 12.0. The molecule has 0 saturated carbocycles. The topological polar surface area (TPSA) is 30.5 Å². The minimum atomic E-state index is 0. The van der Waals surface area contributed by atoms with Crippen molar-refractivity contribution in [2.75, 3.05) is 13.7 Å². The van der Waals surface area contributed by atoms with Crippen molar-refractivity contribution in [1.29, 1.82) is 0 Å². The van der Waals surface area contributed by atoms with Crippen molar-refractivity contribution in [2.24, 2.45) is 0 Å². The maximum Gasteiger partial charge on any atom is 0.174 e. The summed E-state index contributed by atoms with van der Waals surface area (Å²) in [6.07, 6.45) is 1.12. The second-order valence-corrected chi connectivity index (χ2v) is 5.09. The molecule has 1 rings (SSSR count). The average Bonchev–Trinajstić information content (AvgIpc) is 2.36. The standard InChI is InChI=1S/C14H22BrNO2.ClH/c1-5-10(3)16-9-11-7-12(15)14(17-4)13(8-11)18-6-2;/h7-8,10,16H,5-6,9H2,1-4H3;1H. The van der Waals surface area contributed by atoms with Crippen LogP contribution in [0.25, 0.3) is 0 Å². The second-order valence-electron chi connectivity index (χ2n) is 4.23. The smallest absolute Gasteiger partial charge is 0.174 e. The summed E-state index contributed by atoms with van der Waals surface area (Å²) in [5.74, 6) is 1.54. The zero-order chi connectivity index (χ0) is 13.5. The normalized spacial score (nSPS) is 11.6. The Bertz CT molecular complexity index is 388. The summed E-state index contributed by atoms with van der Waals surface area (Å²) in [5, 5.41) is 3.47. The van der Waals surface area contributed by atoms with E-state index in [0.29, 0.717) is 12.6 Å². The Hall–Kier alpha value is -0.450. The molecule has 5 heteroatoms. The SMILES string of the molecule is CCOc1cc(CNC(C)CC)cc(Br)c1OC.Cl. The lowest BCUT2D eigenvalue weighted by molar-refractivity contribution is 0.309. The second kappa shape index (κ2) is 9.45. The summed E-state index contributed by atoms with van der Waals surface area (Å²) < 4.78 is 11.9. The van der Waals surface area contributed by atoms with Gasteiger partial charge in [0.15, 0.2) is 11.5 Å². The third kappa shape index (κ3) is 5.59. The quantitative estimate of drug-likeness (QED) is 0.799. The zero-order valence-corrected chi connectivity index (χ0v) is 14.4. The van der Waals surface area contributed by atoms with E-state index in [-0.39, 0.29) is 12.4 Å². The van der Waals surface area contributed by atoms with Crippen molar-refractivity contribution in [3.8, 4) is 11.5 Å². The van der Waals surface area contributed by atoms with E-state index in [0.717, 1.165) is 28.9 Å². The fourth-order valence-electron chi connectivity index (χ4n) is 1.62. The van der Waals surface area contributed by atoms with Gasteiger partial charge in [0.05, 0.1) is 18.2 Å². The first-order valence-electron chi connectivity index (χ1n) is 6.34. The first-order chi connectivity index (χ1) is 8.62. The Morgan fingerprint density at radius 1 is 1.32 bits per heavy atom. The van der Waals surface area contributed by atoms with Crippen LogP contribution >= 0.6 is 28.3 Å². The third-order valence-electron chi connectivity index (χ3n) is 2.84. The van der Waals surface area contributed by atoms with Crippen molar-refractivity contribution in [2.45, 2.75) is 39.8 Å². The number of nitrogens with one attached hydrogen (secondary N) is 1. The number of benzene rings is 1. The van der Waals surface area contributed by atoms with Crippen LogP contribution in [-0.2, 0) is 6.54 Å². The molecule has 1 unspecified atom stereocenters. The number of hydrogen-bond acceptors (Lipinski definition) is 3. The van der Waals surface area contributed by atoms with E-state index in [2.05, 4.69) is 41.2 Å². The Kier molecular flexibility index (Phi) is 9.23. The predicted molar refractivity (Wildman–Crippen MR) is 85.7 cm³/mol. The highest BCUT2D eigenvalue weighted by Crippen LogP contribution is 2.36. The van der Waals surface area contributed by atoms with Crippen LogP contribution in [0.5, 0.6) is 11.5 Å². The van der Waals surface area contributed by atoms with Gasteiger partial charge in [-0.05, 0) is 53.9 Å². The first kappa shape index (κ1) is 18.6. The maximum absolute atomic E-state index is 5.60. The van der Waals surface area contributed by atoms with Gasteiger partial charge in [0, 0.05) is 12.6 Å². The van der Waals surface area contributed by atoms with Crippen LogP contribution in [0.1, 0.15) is 32.8 Å². The van der Waals surface area contributed by atoms with Crippen molar-refractivity contribution in [1.82, 2.24) is 5.32 Å². The van der Waals surface area contributed by atoms with E-state index in [1.165, 1.54) is 5.56 Å². The lowest BCUT2D eigenvalue weighted by atomic mass is 10.1. The Morgan fingerprint density at radius 3 is 2.53 bits per heavy atom. The highest BCUT2D eigenvalue weighted by Gasteiger charge is 2.11. The van der Waals surface area contributed by atoms with Gasteiger partial charge >= 0.3 is 0 Å². The van der Waals surface area contributed by atoms with Crippen molar-refractivity contribution < 1.29 is 9.47 Å². The van der Waals surface area contributed by atoms with Gasteiger partial charge in [0.1, 0.15) is 0 Å². The Balaban J connectivity index is 0.00000324. The molecule has 0 saturated heterocycles. The molecule has 0 bridgehead atoms. The molecule has 1 atom stereocenters. The fraction of sp³-hybridized carbons (Fsp3) is 0.571. The summed E-state index contributed by atoms with van der Waals surface area (Å²) in [5.41, 5.74) is 1.19. The number of ether oxygens (including phenoxy) is 2. The number of methoxy groups -OCH3 is 1. The van der Waals surface area contributed by atoms with Crippen molar-refractivity contribution >= 4 is 28.3 Å². The van der Waals surface area contributed by atoms with Crippen molar-refractivity contribution in [3.05, 3.63) is 22.2 Å². The molecule has 0 aliphatic heterocycles. The molecule has 0 aliphatic carbocycles. The molecule has 110 valence electrons. The van der Waals surface area contributed by atoms with Gasteiger partial charge in [-0.3, -0.25) is 0 Å². The van der Waals surface area contributed by atoms with Crippen LogP contribution in [0.4, 0.5) is 0 Å². The summed E-state index contributed by atoms with van der Waals surface area (Å²) in [4.78, 5) is 0. The van der Waals surface area contributed by atoms with E-state index in [9.17, 15) is 0 Å². The van der Waals surface area contributed by atoms with E-state index in [1.54, 1.807) is 7.11 Å². The summed E-state index contributed by atoms with van der Waals surface area (Å²) in [7, 11) is 1.65. The van der Waals surface area contributed by atoms with Gasteiger partial charge in [0.25, 0.3) is 0 Å². The van der Waals surface area contributed by atoms with Gasteiger partial charge in [0.2, 0.25) is 0 Å². The molecular formula is C14H23BrClNO2. The van der Waals surface area contributed by atoms with Gasteiger partial charge in [-0.1, -0.05) is 6.92 Å². The number of hydrogen-bond donors (Lipinski definition) is 1.